The van der Waals surface area contributed by atoms with Crippen LogP contribution in [0.3, 0.4) is 0 Å². The van der Waals surface area contributed by atoms with Gasteiger partial charge in [-0.15, -0.1) is 11.3 Å². The van der Waals surface area contributed by atoms with E-state index in [9.17, 15) is 14.0 Å². The predicted octanol–water partition coefficient (Wildman–Crippen LogP) is 4.37. The SMILES string of the molecule is Cc1ncc(NC(=O)CN2CCCC2(C)C)cc1NC(=O)c1cnn2cc(-c3ccnc(F)c3)sc12. The Kier molecular flexibility index (Phi) is 6.27. The van der Waals surface area contributed by atoms with Crippen molar-refractivity contribution in [2.24, 2.45) is 0 Å². The molecule has 4 aromatic heterocycles. The van der Waals surface area contributed by atoms with Crippen molar-refractivity contribution in [2.75, 3.05) is 23.7 Å². The minimum atomic E-state index is -0.574. The third-order valence-electron chi connectivity index (χ3n) is 6.48. The molecule has 5 rings (SSSR count). The zero-order valence-electron chi connectivity index (χ0n) is 20.2. The van der Waals surface area contributed by atoms with Crippen LogP contribution in [-0.4, -0.2) is 54.9 Å². The van der Waals surface area contributed by atoms with Crippen molar-refractivity contribution >= 4 is 39.4 Å². The number of nitrogens with one attached hydrogen (secondary N) is 2. The molecule has 0 unspecified atom stereocenters. The maximum atomic E-state index is 13.5. The normalized spacial score (nSPS) is 15.3. The van der Waals surface area contributed by atoms with Crippen molar-refractivity contribution in [3.05, 3.63) is 60.2 Å². The molecule has 0 radical (unpaired) electrons. The molecule has 11 heteroatoms. The summed E-state index contributed by atoms with van der Waals surface area (Å²) >= 11 is 1.33. The molecule has 1 saturated heterocycles. The van der Waals surface area contributed by atoms with Crippen molar-refractivity contribution in [1.82, 2.24) is 24.5 Å². The highest BCUT2D eigenvalue weighted by Gasteiger charge is 2.32. The first-order valence-corrected chi connectivity index (χ1v) is 12.4. The van der Waals surface area contributed by atoms with Gasteiger partial charge in [0.25, 0.3) is 5.91 Å². The number of aryl methyl sites for hydroxylation is 1. The second kappa shape index (κ2) is 9.40. The number of fused-ring (bicyclic) bond motifs is 1. The van der Waals surface area contributed by atoms with Crippen LogP contribution in [0.5, 0.6) is 0 Å². The number of carbonyl (C=O) groups is 2. The van der Waals surface area contributed by atoms with Crippen LogP contribution in [0.15, 0.2) is 43.0 Å². The molecule has 2 amide bonds. The van der Waals surface area contributed by atoms with Gasteiger partial charge < -0.3 is 10.6 Å². The number of nitrogens with zero attached hydrogens (tertiary/aromatic N) is 5. The Bertz CT molecular complexity index is 1460. The summed E-state index contributed by atoms with van der Waals surface area (Å²) in [4.78, 5) is 37.3. The number of thiazole rings is 1. The van der Waals surface area contributed by atoms with Gasteiger partial charge in [-0.05, 0) is 57.9 Å². The van der Waals surface area contributed by atoms with Gasteiger partial charge in [0.15, 0.2) is 0 Å². The van der Waals surface area contributed by atoms with Crippen LogP contribution in [0.25, 0.3) is 15.3 Å². The largest absolute Gasteiger partial charge is 0.324 e. The minimum Gasteiger partial charge on any atom is -0.324 e. The lowest BCUT2D eigenvalue weighted by Crippen LogP contribution is -2.42. The fraction of sp³-hybridized carbons (Fsp3) is 0.320. The summed E-state index contributed by atoms with van der Waals surface area (Å²) in [6.07, 6.45) is 8.36. The first-order valence-electron chi connectivity index (χ1n) is 11.6. The quantitative estimate of drug-likeness (QED) is 0.376. The fourth-order valence-corrected chi connectivity index (χ4v) is 5.43. The van der Waals surface area contributed by atoms with Gasteiger partial charge in [0.1, 0.15) is 4.83 Å². The second-order valence-electron chi connectivity index (χ2n) is 9.47. The average molecular weight is 508 g/mol. The van der Waals surface area contributed by atoms with E-state index in [0.29, 0.717) is 39.6 Å². The molecular weight excluding hydrogens is 481 g/mol. The van der Waals surface area contributed by atoms with E-state index in [1.807, 2.05) is 0 Å². The topological polar surface area (TPSA) is 105 Å². The van der Waals surface area contributed by atoms with Crippen LogP contribution in [0.2, 0.25) is 0 Å². The highest BCUT2D eigenvalue weighted by atomic mass is 32.1. The third-order valence-corrected chi connectivity index (χ3v) is 7.64. The van der Waals surface area contributed by atoms with Crippen LogP contribution in [-0.2, 0) is 4.79 Å². The Balaban J connectivity index is 1.31. The smallest absolute Gasteiger partial charge is 0.260 e. The molecule has 186 valence electrons. The van der Waals surface area contributed by atoms with Gasteiger partial charge in [0, 0.05) is 24.0 Å². The van der Waals surface area contributed by atoms with Crippen molar-refractivity contribution in [3.63, 3.8) is 0 Å². The molecule has 4 aromatic rings. The minimum absolute atomic E-state index is 0.00610. The van der Waals surface area contributed by atoms with Gasteiger partial charge in [-0.2, -0.15) is 9.49 Å². The molecule has 1 aliphatic heterocycles. The summed E-state index contributed by atoms with van der Waals surface area (Å²) < 4.78 is 15.1. The maximum Gasteiger partial charge on any atom is 0.260 e. The molecule has 0 bridgehead atoms. The third kappa shape index (κ3) is 4.84. The molecule has 0 atom stereocenters. The number of anilines is 2. The van der Waals surface area contributed by atoms with E-state index in [0.717, 1.165) is 24.3 Å². The van der Waals surface area contributed by atoms with Crippen LogP contribution in [0.4, 0.5) is 15.8 Å². The van der Waals surface area contributed by atoms with E-state index in [-0.39, 0.29) is 17.4 Å². The molecule has 5 heterocycles. The molecule has 0 saturated carbocycles. The van der Waals surface area contributed by atoms with E-state index in [4.69, 9.17) is 0 Å². The lowest BCUT2D eigenvalue weighted by atomic mass is 10.0. The Morgan fingerprint density at radius 3 is 2.78 bits per heavy atom. The molecule has 36 heavy (non-hydrogen) atoms. The number of halogens is 1. The molecule has 0 aliphatic carbocycles. The van der Waals surface area contributed by atoms with Crippen LogP contribution < -0.4 is 10.6 Å². The Hall–Kier alpha value is -3.70. The highest BCUT2D eigenvalue weighted by Crippen LogP contribution is 2.31. The summed E-state index contributed by atoms with van der Waals surface area (Å²) in [5, 5.41) is 10.0. The molecular formula is C25H26FN7O2S. The maximum absolute atomic E-state index is 13.5. The molecule has 9 nitrogen and oxygen atoms in total. The van der Waals surface area contributed by atoms with E-state index < -0.39 is 5.95 Å². The number of hydrogen-bond acceptors (Lipinski definition) is 7. The number of likely N-dealkylation sites (tertiary alicyclic amines) is 1. The number of aromatic nitrogens is 4. The standard InChI is InChI=1S/C25H26FN7O2S/c1-15-19(10-17(11-28-15)30-22(34)14-32-8-4-6-25(32,2)3)31-23(35)18-12-29-33-13-20(36-24(18)33)16-5-7-27-21(26)9-16/h5,7,9-13H,4,6,8,14H2,1-3H3,(H,30,34)(H,31,35). The lowest BCUT2D eigenvalue weighted by molar-refractivity contribution is -0.118. The van der Waals surface area contributed by atoms with Gasteiger partial charge in [-0.3, -0.25) is 19.5 Å². The van der Waals surface area contributed by atoms with Crippen LogP contribution >= 0.6 is 11.3 Å². The highest BCUT2D eigenvalue weighted by molar-refractivity contribution is 7.21. The van der Waals surface area contributed by atoms with Crippen LogP contribution in [0.1, 0.15) is 42.7 Å². The summed E-state index contributed by atoms with van der Waals surface area (Å²) in [5.41, 5.74) is 2.66. The van der Waals surface area contributed by atoms with Gasteiger partial charge in [-0.25, -0.2) is 9.50 Å². The van der Waals surface area contributed by atoms with Gasteiger partial charge >= 0.3 is 0 Å². The Morgan fingerprint density at radius 2 is 2.03 bits per heavy atom. The van der Waals surface area contributed by atoms with Crippen molar-refractivity contribution in [1.29, 1.82) is 0 Å². The summed E-state index contributed by atoms with van der Waals surface area (Å²) in [6, 6.07) is 4.74. The monoisotopic (exact) mass is 507 g/mol. The van der Waals surface area contributed by atoms with E-state index in [1.54, 1.807) is 36.0 Å². The first kappa shape index (κ1) is 24.0. The van der Waals surface area contributed by atoms with E-state index in [1.165, 1.54) is 29.8 Å². The van der Waals surface area contributed by atoms with Gasteiger partial charge in [0.2, 0.25) is 11.9 Å². The summed E-state index contributed by atoms with van der Waals surface area (Å²) in [7, 11) is 0. The van der Waals surface area contributed by atoms with Gasteiger partial charge in [0.05, 0.1) is 46.4 Å². The van der Waals surface area contributed by atoms with Crippen molar-refractivity contribution in [3.8, 4) is 10.4 Å². The fourth-order valence-electron chi connectivity index (χ4n) is 4.38. The summed E-state index contributed by atoms with van der Waals surface area (Å²) in [6.45, 7) is 7.28. The number of pyridine rings is 2. The molecule has 0 aromatic carbocycles. The zero-order chi connectivity index (χ0) is 25.4. The van der Waals surface area contributed by atoms with Crippen LogP contribution in [0, 0.1) is 12.9 Å². The number of carbonyl (C=O) groups excluding carboxylic acids is 2. The second-order valence-corrected chi connectivity index (χ2v) is 10.5. The lowest BCUT2D eigenvalue weighted by Gasteiger charge is -2.30. The molecule has 1 aliphatic rings. The summed E-state index contributed by atoms with van der Waals surface area (Å²) in [5.74, 6) is -1.05. The zero-order valence-corrected chi connectivity index (χ0v) is 21.0. The van der Waals surface area contributed by atoms with Gasteiger partial charge in [-0.1, -0.05) is 0 Å². The molecule has 0 spiro atoms. The predicted molar refractivity (Wildman–Crippen MR) is 137 cm³/mol. The Morgan fingerprint density at radius 1 is 1.19 bits per heavy atom. The first-order chi connectivity index (χ1) is 17.2. The van der Waals surface area contributed by atoms with Crippen molar-refractivity contribution in [2.45, 2.75) is 39.2 Å². The van der Waals surface area contributed by atoms with E-state index in [2.05, 4.69) is 44.4 Å². The molecule has 1 fully saturated rings. The number of amides is 2. The molecule has 2 N–H and O–H groups in total. The average Bonchev–Trinajstić information content (AvgIpc) is 3.50. The number of hydrogen-bond donors (Lipinski definition) is 2. The van der Waals surface area contributed by atoms with Crippen molar-refractivity contribution < 1.29 is 14.0 Å². The Labute approximate surface area is 211 Å². The van der Waals surface area contributed by atoms with E-state index >= 15 is 0 Å². The number of rotatable bonds is 6.